The van der Waals surface area contributed by atoms with E-state index in [0.29, 0.717) is 17.0 Å². The van der Waals surface area contributed by atoms with Crippen LogP contribution < -0.4 is 5.32 Å². The van der Waals surface area contributed by atoms with E-state index in [2.05, 4.69) is 10.3 Å². The van der Waals surface area contributed by atoms with Gasteiger partial charge >= 0.3 is 0 Å². The molecule has 0 bridgehead atoms. The van der Waals surface area contributed by atoms with Gasteiger partial charge in [0.15, 0.2) is 0 Å². The highest BCUT2D eigenvalue weighted by atomic mass is 35.5. The fraction of sp³-hybridized carbons (Fsp3) is 0.214. The Hall–Kier alpha value is -1.16. The third-order valence-electron chi connectivity index (χ3n) is 2.99. The predicted octanol–water partition coefficient (Wildman–Crippen LogP) is 4.03. The SMILES string of the molecule is CNC(Cc1ccncc1Cl)c1cccc(Cl)c1F. The highest BCUT2D eigenvalue weighted by molar-refractivity contribution is 6.31. The van der Waals surface area contributed by atoms with Gasteiger partial charge in [0.05, 0.1) is 10.0 Å². The Morgan fingerprint density at radius 2 is 2.05 bits per heavy atom. The minimum absolute atomic E-state index is 0.124. The van der Waals surface area contributed by atoms with Crippen molar-refractivity contribution in [3.63, 3.8) is 0 Å². The lowest BCUT2D eigenvalue weighted by Gasteiger charge is -2.18. The molecule has 0 aliphatic heterocycles. The van der Waals surface area contributed by atoms with Crippen LogP contribution >= 0.6 is 23.2 Å². The first-order valence-corrected chi connectivity index (χ1v) is 6.58. The first-order chi connectivity index (χ1) is 9.13. The lowest BCUT2D eigenvalue weighted by molar-refractivity contribution is 0.534. The average molecular weight is 299 g/mol. The van der Waals surface area contributed by atoms with Crippen molar-refractivity contribution in [2.24, 2.45) is 0 Å². The summed E-state index contributed by atoms with van der Waals surface area (Å²) in [6, 6.07) is 6.62. The Morgan fingerprint density at radius 1 is 1.26 bits per heavy atom. The van der Waals surface area contributed by atoms with Gasteiger partial charge in [0.25, 0.3) is 0 Å². The molecule has 0 aliphatic rings. The van der Waals surface area contributed by atoms with E-state index in [1.807, 2.05) is 6.07 Å². The molecule has 2 rings (SSSR count). The molecule has 1 unspecified atom stereocenters. The van der Waals surface area contributed by atoms with Crippen LogP contribution in [0.1, 0.15) is 17.2 Å². The standard InChI is InChI=1S/C14H13Cl2FN2/c1-18-13(7-9-5-6-19-8-12(9)16)10-3-2-4-11(15)14(10)17/h2-6,8,13,18H,7H2,1H3. The molecule has 19 heavy (non-hydrogen) atoms. The predicted molar refractivity (Wildman–Crippen MR) is 76.2 cm³/mol. The first kappa shape index (κ1) is 14.3. The monoisotopic (exact) mass is 298 g/mol. The van der Waals surface area contributed by atoms with Crippen molar-refractivity contribution < 1.29 is 4.39 Å². The third-order valence-corrected chi connectivity index (χ3v) is 3.62. The van der Waals surface area contributed by atoms with Gasteiger partial charge in [-0.05, 0) is 31.2 Å². The second-order valence-corrected chi connectivity index (χ2v) is 4.97. The number of hydrogen-bond donors (Lipinski definition) is 1. The van der Waals surface area contributed by atoms with Gasteiger partial charge in [0.1, 0.15) is 5.82 Å². The van der Waals surface area contributed by atoms with Crippen molar-refractivity contribution in [2.45, 2.75) is 12.5 Å². The van der Waals surface area contributed by atoms with Crippen LogP contribution in [0.4, 0.5) is 4.39 Å². The molecule has 0 amide bonds. The number of halogens is 3. The largest absolute Gasteiger partial charge is 0.313 e. The Balaban J connectivity index is 2.31. The van der Waals surface area contributed by atoms with Crippen LogP contribution in [0.25, 0.3) is 0 Å². The summed E-state index contributed by atoms with van der Waals surface area (Å²) < 4.78 is 14.0. The molecule has 1 heterocycles. The number of benzene rings is 1. The molecule has 1 atom stereocenters. The van der Waals surface area contributed by atoms with Gasteiger partial charge in [-0.2, -0.15) is 0 Å². The summed E-state index contributed by atoms with van der Waals surface area (Å²) in [5.41, 5.74) is 1.44. The van der Waals surface area contributed by atoms with Crippen LogP contribution in [0.3, 0.4) is 0 Å². The number of likely N-dealkylation sites (N-methyl/N-ethyl adjacent to an activating group) is 1. The molecule has 0 spiro atoms. The zero-order valence-electron chi connectivity index (χ0n) is 10.3. The van der Waals surface area contributed by atoms with E-state index in [1.165, 1.54) is 6.07 Å². The summed E-state index contributed by atoms with van der Waals surface area (Å²) in [4.78, 5) is 3.93. The van der Waals surface area contributed by atoms with E-state index in [4.69, 9.17) is 23.2 Å². The first-order valence-electron chi connectivity index (χ1n) is 5.83. The Labute approximate surface area is 121 Å². The molecule has 1 aromatic heterocycles. The van der Waals surface area contributed by atoms with E-state index < -0.39 is 5.82 Å². The van der Waals surface area contributed by atoms with Crippen molar-refractivity contribution in [1.82, 2.24) is 10.3 Å². The lowest BCUT2D eigenvalue weighted by atomic mass is 9.99. The summed E-state index contributed by atoms with van der Waals surface area (Å²) in [7, 11) is 1.78. The van der Waals surface area contributed by atoms with E-state index in [1.54, 1.807) is 31.6 Å². The Bertz CT molecular complexity index is 575. The molecule has 0 fully saturated rings. The average Bonchev–Trinajstić information content (AvgIpc) is 2.41. The molecule has 0 aliphatic carbocycles. The molecule has 0 radical (unpaired) electrons. The van der Waals surface area contributed by atoms with Crippen molar-refractivity contribution in [2.75, 3.05) is 7.05 Å². The number of rotatable bonds is 4. The molecule has 1 N–H and O–H groups in total. The van der Waals surface area contributed by atoms with Crippen LogP contribution in [0, 0.1) is 5.82 Å². The zero-order chi connectivity index (χ0) is 13.8. The van der Waals surface area contributed by atoms with Gasteiger partial charge in [-0.25, -0.2) is 4.39 Å². The van der Waals surface area contributed by atoms with Crippen LogP contribution in [0.5, 0.6) is 0 Å². The maximum absolute atomic E-state index is 14.0. The quantitative estimate of drug-likeness (QED) is 0.922. The van der Waals surface area contributed by atoms with E-state index >= 15 is 0 Å². The summed E-state index contributed by atoms with van der Waals surface area (Å²) in [5, 5.41) is 3.78. The lowest BCUT2D eigenvalue weighted by Crippen LogP contribution is -2.20. The highest BCUT2D eigenvalue weighted by Crippen LogP contribution is 2.27. The molecule has 2 aromatic rings. The van der Waals surface area contributed by atoms with Gasteiger partial charge in [-0.1, -0.05) is 35.3 Å². The molecular weight excluding hydrogens is 286 g/mol. The number of nitrogens with one attached hydrogen (secondary N) is 1. The van der Waals surface area contributed by atoms with Crippen LogP contribution in [-0.4, -0.2) is 12.0 Å². The summed E-state index contributed by atoms with van der Waals surface area (Å²) >= 11 is 11.9. The zero-order valence-corrected chi connectivity index (χ0v) is 11.8. The minimum atomic E-state index is -0.395. The normalized spacial score (nSPS) is 12.4. The van der Waals surface area contributed by atoms with Gasteiger partial charge in [0, 0.05) is 24.0 Å². The molecule has 5 heteroatoms. The summed E-state index contributed by atoms with van der Waals surface area (Å²) in [6.45, 7) is 0. The number of pyridine rings is 1. The fourth-order valence-corrected chi connectivity index (χ4v) is 2.32. The Kier molecular flexibility index (Phi) is 4.75. The number of aromatic nitrogens is 1. The summed E-state index contributed by atoms with van der Waals surface area (Å²) in [6.07, 6.45) is 3.81. The second kappa shape index (κ2) is 6.33. The molecule has 0 saturated carbocycles. The molecular formula is C14H13Cl2FN2. The van der Waals surface area contributed by atoms with Crippen molar-refractivity contribution >= 4 is 23.2 Å². The maximum Gasteiger partial charge on any atom is 0.146 e. The number of hydrogen-bond acceptors (Lipinski definition) is 2. The van der Waals surface area contributed by atoms with Crippen LogP contribution in [0.2, 0.25) is 10.0 Å². The Morgan fingerprint density at radius 3 is 2.74 bits per heavy atom. The van der Waals surface area contributed by atoms with Gasteiger partial charge in [-0.15, -0.1) is 0 Å². The van der Waals surface area contributed by atoms with E-state index in [9.17, 15) is 4.39 Å². The molecule has 100 valence electrons. The van der Waals surface area contributed by atoms with Gasteiger partial charge in [-0.3, -0.25) is 4.98 Å². The van der Waals surface area contributed by atoms with Crippen LogP contribution in [-0.2, 0) is 6.42 Å². The van der Waals surface area contributed by atoms with Crippen molar-refractivity contribution in [1.29, 1.82) is 0 Å². The smallest absolute Gasteiger partial charge is 0.146 e. The molecule has 2 nitrogen and oxygen atoms in total. The minimum Gasteiger partial charge on any atom is -0.313 e. The maximum atomic E-state index is 14.0. The number of nitrogens with zero attached hydrogens (tertiary/aromatic N) is 1. The van der Waals surface area contributed by atoms with E-state index in [-0.39, 0.29) is 11.1 Å². The van der Waals surface area contributed by atoms with Gasteiger partial charge in [0.2, 0.25) is 0 Å². The molecule has 1 aromatic carbocycles. The van der Waals surface area contributed by atoms with Gasteiger partial charge < -0.3 is 5.32 Å². The van der Waals surface area contributed by atoms with Crippen LogP contribution in [0.15, 0.2) is 36.7 Å². The van der Waals surface area contributed by atoms with Crippen molar-refractivity contribution in [3.05, 3.63) is 63.6 Å². The second-order valence-electron chi connectivity index (χ2n) is 4.16. The third kappa shape index (κ3) is 3.24. The molecule has 0 saturated heterocycles. The van der Waals surface area contributed by atoms with E-state index in [0.717, 1.165) is 5.56 Å². The topological polar surface area (TPSA) is 24.9 Å². The summed E-state index contributed by atoms with van der Waals surface area (Å²) in [5.74, 6) is -0.395. The van der Waals surface area contributed by atoms with Crippen molar-refractivity contribution in [3.8, 4) is 0 Å². The highest BCUT2D eigenvalue weighted by Gasteiger charge is 2.17. The fourth-order valence-electron chi connectivity index (χ4n) is 1.95.